The number of carbonyl (C=O) groups is 3. The van der Waals surface area contributed by atoms with Crippen LogP contribution >= 0.6 is 0 Å². The number of nitrogens with one attached hydrogen (secondary N) is 1. The third kappa shape index (κ3) is 19.7. The number of esters is 2. The SMILES string of the molecule is C=C(OCC)c1c(C2CCC(OCCOC)(C(=O)OCCOC)CC2)nc2c(-c3ccc(-c4ccn(C)n4)nc3)cnn2c1N(COCC[Si](C)(C)C)COCC[Si](C)(C)C.COCCOC(=O)C1(OCCOC)CCC(c2nc3c(-c4ccc(-c5ccn(C)n5)nc4)cnn3c3c2C(=O)CCN3)CC1. The number of methoxy groups -OCH3 is 4. The van der Waals surface area contributed by atoms with E-state index in [0.717, 1.165) is 79.9 Å². The topological polar surface area (TPSA) is 290 Å². The first-order valence-corrected chi connectivity index (χ1v) is 43.8. The highest BCUT2D eigenvalue weighted by Crippen LogP contribution is 2.47. The molecule has 0 aromatic carbocycles. The van der Waals surface area contributed by atoms with E-state index in [1.807, 2.05) is 86.7 Å². The van der Waals surface area contributed by atoms with Gasteiger partial charge in [-0.2, -0.15) is 29.4 Å². The number of rotatable bonds is 36. The number of ether oxygens (including phenoxy) is 11. The molecule has 30 heteroatoms. The Morgan fingerprint density at radius 3 is 1.48 bits per heavy atom. The van der Waals surface area contributed by atoms with E-state index in [2.05, 4.69) is 76.4 Å². The van der Waals surface area contributed by atoms with Gasteiger partial charge in [-0.05, 0) is 94.6 Å². The van der Waals surface area contributed by atoms with Crippen LogP contribution in [0.25, 0.3) is 62.1 Å². The maximum absolute atomic E-state index is 13.7. The Bertz CT molecular complexity index is 4170. The molecule has 1 N–H and O–H groups in total. The Balaban J connectivity index is 0.000000236. The van der Waals surface area contributed by atoms with Gasteiger partial charge in [0.2, 0.25) is 0 Å². The predicted molar refractivity (Wildman–Crippen MR) is 405 cm³/mol. The number of pyridine rings is 2. The molecular formula is C75H106N14O14Si2. The Morgan fingerprint density at radius 2 is 1.04 bits per heavy atom. The van der Waals surface area contributed by atoms with E-state index in [0.29, 0.717) is 139 Å². The molecule has 9 heterocycles. The van der Waals surface area contributed by atoms with Crippen molar-refractivity contribution in [1.82, 2.24) is 58.7 Å². The summed E-state index contributed by atoms with van der Waals surface area (Å²) in [6, 6.07) is 13.8. The average molecular weight is 1480 g/mol. The van der Waals surface area contributed by atoms with Gasteiger partial charge >= 0.3 is 11.9 Å². The molecule has 3 aliphatic rings. The van der Waals surface area contributed by atoms with Crippen molar-refractivity contribution in [3.8, 4) is 45.0 Å². The normalized spacial score (nSPS) is 18.4. The molecule has 0 bridgehead atoms. The van der Waals surface area contributed by atoms with E-state index in [9.17, 15) is 14.4 Å². The zero-order chi connectivity index (χ0) is 74.9. The lowest BCUT2D eigenvalue weighted by atomic mass is 9.76. The minimum absolute atomic E-state index is 0.0359. The fourth-order valence-corrected chi connectivity index (χ4v) is 14.8. The van der Waals surface area contributed by atoms with Crippen molar-refractivity contribution in [2.24, 2.45) is 14.1 Å². The molecule has 28 nitrogen and oxygen atoms in total. The first kappa shape index (κ1) is 79.4. The summed E-state index contributed by atoms with van der Waals surface area (Å²) < 4.78 is 70.7. The number of Topliss-reactive ketones (excluding diaryl/α,β-unsaturated/α-hetero) is 1. The van der Waals surface area contributed by atoms with E-state index >= 15 is 0 Å². The van der Waals surface area contributed by atoms with Crippen LogP contribution in [-0.2, 0) is 75.8 Å². The first-order chi connectivity index (χ1) is 50.5. The zero-order valence-electron chi connectivity index (χ0n) is 63.5. The van der Waals surface area contributed by atoms with Crippen molar-refractivity contribution in [1.29, 1.82) is 0 Å². The molecule has 0 radical (unpaired) electrons. The van der Waals surface area contributed by atoms with E-state index in [1.54, 1.807) is 54.7 Å². The number of hydrogen-bond donors (Lipinski definition) is 1. The lowest BCUT2D eigenvalue weighted by Gasteiger charge is -2.38. The van der Waals surface area contributed by atoms with Crippen molar-refractivity contribution in [3.05, 3.63) is 103 Å². The summed E-state index contributed by atoms with van der Waals surface area (Å²) in [7, 11) is 7.36. The number of aryl methyl sites for hydroxylation is 2. The van der Waals surface area contributed by atoms with E-state index < -0.39 is 33.3 Å². The largest absolute Gasteiger partial charge is 0.494 e. The highest BCUT2D eigenvalue weighted by molar-refractivity contribution is 6.76. The Kier molecular flexibility index (Phi) is 27.5. The lowest BCUT2D eigenvalue weighted by molar-refractivity contribution is -0.181. The highest BCUT2D eigenvalue weighted by atomic mass is 28.3. The molecule has 0 atom stereocenters. The molecule has 2 fully saturated rings. The van der Waals surface area contributed by atoms with Crippen LogP contribution in [0, 0.1) is 0 Å². The molecule has 0 saturated heterocycles. The number of nitrogens with zero attached hydrogens (tertiary/aromatic N) is 13. The molecule has 1 aliphatic heterocycles. The van der Waals surface area contributed by atoms with E-state index in [4.69, 9.17) is 72.2 Å². The quantitative estimate of drug-likeness (QED) is 0.0125. The third-order valence-electron chi connectivity index (χ3n) is 19.2. The van der Waals surface area contributed by atoms with Gasteiger partial charge in [0.15, 0.2) is 28.3 Å². The molecule has 2 aliphatic carbocycles. The van der Waals surface area contributed by atoms with Crippen LogP contribution in [0.2, 0.25) is 51.4 Å². The number of carbonyl (C=O) groups excluding carboxylic acids is 3. The van der Waals surface area contributed by atoms with Crippen LogP contribution in [-0.4, -0.2) is 225 Å². The van der Waals surface area contributed by atoms with Crippen molar-refractivity contribution >= 4 is 62.6 Å². The smallest absolute Gasteiger partial charge is 0.338 e. The summed E-state index contributed by atoms with van der Waals surface area (Å²) in [4.78, 5) is 62.4. The second-order valence-corrected chi connectivity index (χ2v) is 40.5. The molecule has 8 aromatic heterocycles. The van der Waals surface area contributed by atoms with Gasteiger partial charge in [0.25, 0.3) is 0 Å². The van der Waals surface area contributed by atoms with Crippen molar-refractivity contribution in [2.45, 2.75) is 139 Å². The maximum Gasteiger partial charge on any atom is 0.338 e. The fraction of sp³-hybridized carbons (Fsp3) is 0.560. The van der Waals surface area contributed by atoms with Gasteiger partial charge in [-0.15, -0.1) is 0 Å². The molecule has 568 valence electrons. The fourth-order valence-electron chi connectivity index (χ4n) is 13.3. The second kappa shape index (κ2) is 36.4. The number of aromatic nitrogens is 12. The predicted octanol–water partition coefficient (Wildman–Crippen LogP) is 11.3. The Labute approximate surface area is 617 Å². The maximum atomic E-state index is 13.7. The van der Waals surface area contributed by atoms with Gasteiger partial charge in [-0.3, -0.25) is 24.1 Å². The zero-order valence-corrected chi connectivity index (χ0v) is 65.5. The third-order valence-corrected chi connectivity index (χ3v) is 22.6. The van der Waals surface area contributed by atoms with Gasteiger partial charge in [-0.25, -0.2) is 19.6 Å². The van der Waals surface area contributed by atoms with Gasteiger partial charge in [0.1, 0.15) is 55.5 Å². The van der Waals surface area contributed by atoms with Crippen LogP contribution in [0.3, 0.4) is 0 Å². The minimum atomic E-state index is -1.37. The lowest BCUT2D eigenvalue weighted by Crippen LogP contribution is -2.47. The number of anilines is 2. The van der Waals surface area contributed by atoms with Gasteiger partial charge < -0.3 is 62.3 Å². The monoisotopic (exact) mass is 1480 g/mol. The summed E-state index contributed by atoms with van der Waals surface area (Å²) in [5.41, 5.74) is 8.34. The first-order valence-electron chi connectivity index (χ1n) is 36.4. The molecule has 2 saturated carbocycles. The second-order valence-electron chi connectivity index (χ2n) is 29.3. The van der Waals surface area contributed by atoms with Crippen LogP contribution in [0.5, 0.6) is 0 Å². The summed E-state index contributed by atoms with van der Waals surface area (Å²) in [6.45, 7) is 25.4. The standard InChI is InChI=1S/C44H69N7O8Si2.C31H37N7O6/c1-12-57-33(2)39-40(34-15-18-44(19-16-34,59-24-22-54-5)43(52)58-23-21-53-4)47-41-36(35-13-14-37(45-29-35)38-17-20-49(3)48-38)30-46-51(41)42(39)50(31-55-25-27-60(6,7)8)32-56-26-28-61(9,10)11;1-37-13-9-24(36-37)23-5-4-21(18-33-23)22-19-34-38-28(22)35-27(26-25(39)8-12-32-29(26)38)20-6-10-31(11-7-20,44-17-15-42-3)30(40)43-16-14-41-2/h13-14,17,20,29-30,34H,2,12,15-16,18-19,21-28,31-32H2,1,3-11H3;4-5,9,13,18-20,32H,6-8,10-12,14-17H2,1-3H3. The average Bonchev–Trinajstić information content (AvgIpc) is 1.70. The van der Waals surface area contributed by atoms with Gasteiger partial charge in [-0.1, -0.05) is 58.0 Å². The van der Waals surface area contributed by atoms with Crippen molar-refractivity contribution in [2.75, 3.05) is 131 Å². The Hall–Kier alpha value is -8.18. The van der Waals surface area contributed by atoms with Crippen LogP contribution in [0.1, 0.15) is 104 Å². The molecule has 0 amide bonds. The number of hydrogen-bond acceptors (Lipinski definition) is 24. The van der Waals surface area contributed by atoms with Gasteiger partial charge in [0.05, 0.1) is 92.5 Å². The van der Waals surface area contributed by atoms with E-state index in [-0.39, 0.29) is 63.5 Å². The van der Waals surface area contributed by atoms with Crippen molar-refractivity contribution < 1.29 is 66.5 Å². The molecular weight excluding hydrogens is 1380 g/mol. The van der Waals surface area contributed by atoms with E-state index in [1.165, 1.54) is 0 Å². The molecule has 11 rings (SSSR count). The van der Waals surface area contributed by atoms with Crippen LogP contribution in [0.15, 0.2) is 80.2 Å². The molecule has 0 unspecified atom stereocenters. The highest BCUT2D eigenvalue weighted by Gasteiger charge is 2.48. The molecule has 0 spiro atoms. The van der Waals surface area contributed by atoms with Crippen molar-refractivity contribution in [3.63, 3.8) is 0 Å². The summed E-state index contributed by atoms with van der Waals surface area (Å²) in [5.74, 6) is 0.933. The van der Waals surface area contributed by atoms with Crippen LogP contribution in [0.4, 0.5) is 11.6 Å². The van der Waals surface area contributed by atoms with Gasteiger partial charge in [0, 0.05) is 144 Å². The Morgan fingerprint density at radius 1 is 0.581 bits per heavy atom. The summed E-state index contributed by atoms with van der Waals surface area (Å²) in [5, 5.41) is 22.0. The summed E-state index contributed by atoms with van der Waals surface area (Å²) >= 11 is 0. The molecule has 8 aromatic rings. The molecule has 105 heavy (non-hydrogen) atoms. The number of ketones is 1. The van der Waals surface area contributed by atoms with Crippen LogP contribution < -0.4 is 10.2 Å². The number of fused-ring (bicyclic) bond motifs is 4. The summed E-state index contributed by atoms with van der Waals surface area (Å²) in [6.07, 6.45) is 15.5. The minimum Gasteiger partial charge on any atom is -0.494 e.